The molecule has 2 unspecified atom stereocenters. The van der Waals surface area contributed by atoms with Gasteiger partial charge in [-0.25, -0.2) is 0 Å². The molecule has 0 aliphatic rings. The van der Waals surface area contributed by atoms with Crippen LogP contribution in [0.5, 0.6) is 5.75 Å². The van der Waals surface area contributed by atoms with Crippen LogP contribution in [-0.4, -0.2) is 18.3 Å². The van der Waals surface area contributed by atoms with Crippen molar-refractivity contribution in [2.45, 2.75) is 32.4 Å². The minimum absolute atomic E-state index is 0.231. The van der Waals surface area contributed by atoms with Gasteiger partial charge in [0.25, 0.3) is 0 Å². The van der Waals surface area contributed by atoms with Gasteiger partial charge in [-0.2, -0.15) is 0 Å². The van der Waals surface area contributed by atoms with Crippen LogP contribution in [-0.2, 0) is 0 Å². The van der Waals surface area contributed by atoms with Crippen molar-refractivity contribution in [1.82, 2.24) is 0 Å². The van der Waals surface area contributed by atoms with Gasteiger partial charge in [0.05, 0.1) is 13.2 Å². The predicted molar refractivity (Wildman–Crippen MR) is 82.9 cm³/mol. The van der Waals surface area contributed by atoms with Crippen molar-refractivity contribution in [3.05, 3.63) is 42.0 Å². The number of hydrogen-bond acceptors (Lipinski definition) is 3. The lowest BCUT2D eigenvalue weighted by Gasteiger charge is -2.21. The third-order valence-electron chi connectivity index (χ3n) is 3.56. The summed E-state index contributed by atoms with van der Waals surface area (Å²) >= 11 is 0. The highest BCUT2D eigenvalue weighted by Crippen LogP contribution is 2.26. The minimum Gasteiger partial charge on any atom is -0.497 e. The van der Waals surface area contributed by atoms with E-state index in [0.29, 0.717) is 5.92 Å². The standard InChI is InChI=1S/C17H23NO2/c1-11(2)8-16(18)17(19)14-5-4-13-10-15(20-3)7-6-12(13)9-14/h4-7,9-11,16-17,19H,8,18H2,1-3H3. The number of methoxy groups -OCH3 is 1. The average Bonchev–Trinajstić information content (AvgIpc) is 2.44. The van der Waals surface area contributed by atoms with Crippen molar-refractivity contribution in [1.29, 1.82) is 0 Å². The Kier molecular flexibility index (Phi) is 4.63. The van der Waals surface area contributed by atoms with Crippen LogP contribution in [0.4, 0.5) is 0 Å². The molecule has 0 spiro atoms. The molecule has 0 aromatic heterocycles. The molecular formula is C17H23NO2. The van der Waals surface area contributed by atoms with Gasteiger partial charge in [0.1, 0.15) is 5.75 Å². The first-order valence-electron chi connectivity index (χ1n) is 7.02. The Bertz CT molecular complexity index is 580. The molecule has 0 amide bonds. The predicted octanol–water partition coefficient (Wildman–Crippen LogP) is 3.26. The Morgan fingerprint density at radius 2 is 1.75 bits per heavy atom. The lowest BCUT2D eigenvalue weighted by molar-refractivity contribution is 0.136. The van der Waals surface area contributed by atoms with Crippen LogP contribution in [0, 0.1) is 5.92 Å². The van der Waals surface area contributed by atoms with Crippen LogP contribution < -0.4 is 10.5 Å². The van der Waals surface area contributed by atoms with Crippen LogP contribution in [0.15, 0.2) is 36.4 Å². The molecule has 0 bridgehead atoms. The summed E-state index contributed by atoms with van der Waals surface area (Å²) < 4.78 is 5.21. The minimum atomic E-state index is -0.621. The fraction of sp³-hybridized carbons (Fsp3) is 0.412. The van der Waals surface area contributed by atoms with Gasteiger partial charge in [0.2, 0.25) is 0 Å². The number of benzene rings is 2. The molecule has 0 saturated carbocycles. The summed E-state index contributed by atoms with van der Waals surface area (Å²) in [6.07, 6.45) is 0.186. The van der Waals surface area contributed by atoms with Crippen LogP contribution in [0.1, 0.15) is 31.9 Å². The molecule has 0 fully saturated rings. The lowest BCUT2D eigenvalue weighted by atomic mass is 9.94. The zero-order chi connectivity index (χ0) is 14.7. The highest BCUT2D eigenvalue weighted by atomic mass is 16.5. The maximum atomic E-state index is 10.3. The first-order valence-corrected chi connectivity index (χ1v) is 7.02. The molecule has 2 aromatic rings. The summed E-state index contributed by atoms with van der Waals surface area (Å²) in [5.74, 6) is 1.31. The van der Waals surface area contributed by atoms with Gasteiger partial charge < -0.3 is 15.6 Å². The van der Waals surface area contributed by atoms with Gasteiger partial charge >= 0.3 is 0 Å². The quantitative estimate of drug-likeness (QED) is 0.879. The second-order valence-corrected chi connectivity index (χ2v) is 5.71. The Balaban J connectivity index is 2.27. The molecule has 3 nitrogen and oxygen atoms in total. The van der Waals surface area contributed by atoms with Gasteiger partial charge in [-0.3, -0.25) is 0 Å². The summed E-state index contributed by atoms with van der Waals surface area (Å²) in [4.78, 5) is 0. The van der Waals surface area contributed by atoms with E-state index in [1.54, 1.807) is 7.11 Å². The van der Waals surface area contributed by atoms with E-state index < -0.39 is 6.10 Å². The maximum absolute atomic E-state index is 10.3. The van der Waals surface area contributed by atoms with Crippen LogP contribution in [0.2, 0.25) is 0 Å². The summed E-state index contributed by atoms with van der Waals surface area (Å²) in [5, 5.41) is 12.5. The van der Waals surface area contributed by atoms with Crippen LogP contribution >= 0.6 is 0 Å². The van der Waals surface area contributed by atoms with E-state index >= 15 is 0 Å². The third kappa shape index (κ3) is 3.30. The second kappa shape index (κ2) is 6.25. The van der Waals surface area contributed by atoms with Crippen molar-refractivity contribution in [2.24, 2.45) is 11.7 Å². The van der Waals surface area contributed by atoms with Crippen molar-refractivity contribution < 1.29 is 9.84 Å². The van der Waals surface area contributed by atoms with Crippen molar-refractivity contribution in [2.75, 3.05) is 7.11 Å². The molecule has 3 N–H and O–H groups in total. The number of rotatable bonds is 5. The third-order valence-corrected chi connectivity index (χ3v) is 3.56. The smallest absolute Gasteiger partial charge is 0.119 e. The fourth-order valence-electron chi connectivity index (χ4n) is 2.47. The first-order chi connectivity index (χ1) is 9.51. The number of ether oxygens (including phenoxy) is 1. The molecule has 20 heavy (non-hydrogen) atoms. The number of aliphatic hydroxyl groups excluding tert-OH is 1. The van der Waals surface area contributed by atoms with Gasteiger partial charge in [-0.15, -0.1) is 0 Å². The molecule has 0 saturated heterocycles. The molecule has 2 rings (SSSR count). The summed E-state index contributed by atoms with van der Waals surface area (Å²) in [5.41, 5.74) is 6.94. The number of nitrogens with two attached hydrogens (primary N) is 1. The monoisotopic (exact) mass is 273 g/mol. The van der Waals surface area contributed by atoms with Crippen LogP contribution in [0.3, 0.4) is 0 Å². The SMILES string of the molecule is COc1ccc2cc(C(O)C(N)CC(C)C)ccc2c1. The summed E-state index contributed by atoms with van der Waals surface area (Å²) in [7, 11) is 1.66. The number of fused-ring (bicyclic) bond motifs is 1. The van der Waals surface area contributed by atoms with Gasteiger partial charge in [-0.1, -0.05) is 32.0 Å². The number of aliphatic hydroxyl groups is 1. The summed E-state index contributed by atoms with van der Waals surface area (Å²) in [6, 6.07) is 11.6. The Labute approximate surface area is 120 Å². The van der Waals surface area contributed by atoms with E-state index in [1.807, 2.05) is 36.4 Å². The highest BCUT2D eigenvalue weighted by molar-refractivity contribution is 5.84. The molecule has 2 aromatic carbocycles. The van der Waals surface area contributed by atoms with E-state index in [4.69, 9.17) is 10.5 Å². The topological polar surface area (TPSA) is 55.5 Å². The van der Waals surface area contributed by atoms with E-state index in [2.05, 4.69) is 13.8 Å². The molecule has 0 aliphatic carbocycles. The van der Waals surface area contributed by atoms with E-state index in [1.165, 1.54) is 0 Å². The van der Waals surface area contributed by atoms with E-state index in [-0.39, 0.29) is 6.04 Å². The maximum Gasteiger partial charge on any atom is 0.119 e. The highest BCUT2D eigenvalue weighted by Gasteiger charge is 2.18. The zero-order valence-electron chi connectivity index (χ0n) is 12.3. The zero-order valence-corrected chi connectivity index (χ0v) is 12.3. The Morgan fingerprint density at radius 1 is 1.10 bits per heavy atom. The molecule has 0 radical (unpaired) electrons. The van der Waals surface area contributed by atoms with Gasteiger partial charge in [-0.05, 0) is 46.9 Å². The van der Waals surface area contributed by atoms with Gasteiger partial charge in [0, 0.05) is 6.04 Å². The molecule has 0 heterocycles. The fourth-order valence-corrected chi connectivity index (χ4v) is 2.47. The van der Waals surface area contributed by atoms with Crippen molar-refractivity contribution in [3.63, 3.8) is 0 Å². The first kappa shape index (κ1) is 14.8. The molecule has 0 aliphatic heterocycles. The molecular weight excluding hydrogens is 250 g/mol. The lowest BCUT2D eigenvalue weighted by Crippen LogP contribution is -2.29. The van der Waals surface area contributed by atoms with Gasteiger partial charge in [0.15, 0.2) is 0 Å². The normalized spacial score (nSPS) is 14.5. The summed E-state index contributed by atoms with van der Waals surface area (Å²) in [6.45, 7) is 4.22. The van der Waals surface area contributed by atoms with Crippen molar-refractivity contribution in [3.8, 4) is 5.75 Å². The average molecular weight is 273 g/mol. The number of hydrogen-bond donors (Lipinski definition) is 2. The van der Waals surface area contributed by atoms with Crippen LogP contribution in [0.25, 0.3) is 10.8 Å². The Morgan fingerprint density at radius 3 is 2.40 bits per heavy atom. The molecule has 3 heteroatoms. The molecule has 108 valence electrons. The second-order valence-electron chi connectivity index (χ2n) is 5.71. The van der Waals surface area contributed by atoms with Crippen molar-refractivity contribution >= 4 is 10.8 Å². The molecule has 2 atom stereocenters. The van der Waals surface area contributed by atoms with E-state index in [0.717, 1.165) is 28.5 Å². The Hall–Kier alpha value is -1.58. The largest absolute Gasteiger partial charge is 0.497 e. The van der Waals surface area contributed by atoms with E-state index in [9.17, 15) is 5.11 Å².